The standard InChI is InChI=1S/C20H25ClN2O3/c1-12-5-13(2)7-16(6-12)14(3)23-10-15-8-17(21)20(18(9-15)25-4)26-11-19(22)24/h5-9,14,23H,10-11H2,1-4H3,(H2,22,24). The van der Waals surface area contributed by atoms with Gasteiger partial charge in [0.2, 0.25) is 0 Å². The topological polar surface area (TPSA) is 73.6 Å². The van der Waals surface area contributed by atoms with Gasteiger partial charge in [-0.1, -0.05) is 40.9 Å². The zero-order valence-electron chi connectivity index (χ0n) is 15.6. The van der Waals surface area contributed by atoms with Gasteiger partial charge in [0, 0.05) is 12.6 Å². The maximum atomic E-state index is 10.9. The number of primary amides is 1. The first-order valence-corrected chi connectivity index (χ1v) is 8.77. The fourth-order valence-corrected chi connectivity index (χ4v) is 3.10. The molecule has 0 aromatic heterocycles. The molecule has 0 heterocycles. The van der Waals surface area contributed by atoms with Crippen LogP contribution in [0.25, 0.3) is 0 Å². The first-order chi connectivity index (χ1) is 12.3. The second-order valence-corrected chi connectivity index (χ2v) is 6.79. The maximum absolute atomic E-state index is 10.9. The Hall–Kier alpha value is -2.24. The summed E-state index contributed by atoms with van der Waals surface area (Å²) in [5.41, 5.74) is 9.79. The number of nitrogens with one attached hydrogen (secondary N) is 1. The van der Waals surface area contributed by atoms with E-state index in [0.717, 1.165) is 5.56 Å². The van der Waals surface area contributed by atoms with E-state index in [2.05, 4.69) is 44.3 Å². The molecular formula is C20H25ClN2O3. The molecule has 140 valence electrons. The van der Waals surface area contributed by atoms with Crippen LogP contribution in [0, 0.1) is 13.8 Å². The van der Waals surface area contributed by atoms with Crippen molar-refractivity contribution in [3.8, 4) is 11.5 Å². The average Bonchev–Trinajstić information content (AvgIpc) is 2.57. The number of carbonyl (C=O) groups is 1. The fraction of sp³-hybridized carbons (Fsp3) is 0.350. The summed E-state index contributed by atoms with van der Waals surface area (Å²) in [5, 5.41) is 3.87. The first-order valence-electron chi connectivity index (χ1n) is 8.39. The lowest BCUT2D eigenvalue weighted by molar-refractivity contribution is -0.119. The van der Waals surface area contributed by atoms with Crippen molar-refractivity contribution in [2.75, 3.05) is 13.7 Å². The Morgan fingerprint density at radius 2 is 1.85 bits per heavy atom. The molecule has 1 unspecified atom stereocenters. The average molecular weight is 377 g/mol. The summed E-state index contributed by atoms with van der Waals surface area (Å²) in [6.07, 6.45) is 0. The van der Waals surface area contributed by atoms with E-state index in [9.17, 15) is 4.79 Å². The van der Waals surface area contributed by atoms with Crippen molar-refractivity contribution in [1.82, 2.24) is 5.32 Å². The molecule has 0 saturated carbocycles. The number of hydrogen-bond acceptors (Lipinski definition) is 4. The zero-order chi connectivity index (χ0) is 19.3. The van der Waals surface area contributed by atoms with Crippen LogP contribution >= 0.6 is 11.6 Å². The number of hydrogen-bond donors (Lipinski definition) is 2. The number of carbonyl (C=O) groups excluding carboxylic acids is 1. The van der Waals surface area contributed by atoms with E-state index >= 15 is 0 Å². The maximum Gasteiger partial charge on any atom is 0.255 e. The molecule has 5 nitrogen and oxygen atoms in total. The molecule has 3 N–H and O–H groups in total. The number of halogens is 1. The number of benzene rings is 2. The fourth-order valence-electron chi connectivity index (χ4n) is 2.81. The Balaban J connectivity index is 2.11. The van der Waals surface area contributed by atoms with Gasteiger partial charge in [0.1, 0.15) is 0 Å². The van der Waals surface area contributed by atoms with E-state index in [-0.39, 0.29) is 12.6 Å². The van der Waals surface area contributed by atoms with Crippen molar-refractivity contribution in [1.29, 1.82) is 0 Å². The van der Waals surface area contributed by atoms with E-state index in [1.807, 2.05) is 6.07 Å². The molecule has 2 aromatic rings. The van der Waals surface area contributed by atoms with Crippen LogP contribution in [0.1, 0.15) is 35.2 Å². The van der Waals surface area contributed by atoms with Gasteiger partial charge in [-0.05, 0) is 44.0 Å². The largest absolute Gasteiger partial charge is 0.493 e. The molecule has 1 atom stereocenters. The highest BCUT2D eigenvalue weighted by Crippen LogP contribution is 2.36. The summed E-state index contributed by atoms with van der Waals surface area (Å²) < 4.78 is 10.7. The smallest absolute Gasteiger partial charge is 0.255 e. The molecule has 1 amide bonds. The monoisotopic (exact) mass is 376 g/mol. The van der Waals surface area contributed by atoms with Crippen LogP contribution in [0.4, 0.5) is 0 Å². The van der Waals surface area contributed by atoms with Gasteiger partial charge in [0.15, 0.2) is 18.1 Å². The SMILES string of the molecule is COc1cc(CNC(C)c2cc(C)cc(C)c2)cc(Cl)c1OCC(N)=O. The van der Waals surface area contributed by atoms with E-state index < -0.39 is 5.91 Å². The lowest BCUT2D eigenvalue weighted by Crippen LogP contribution is -2.20. The molecule has 26 heavy (non-hydrogen) atoms. The second kappa shape index (κ2) is 8.92. The zero-order valence-corrected chi connectivity index (χ0v) is 16.3. The molecule has 0 aliphatic rings. The summed E-state index contributed by atoms with van der Waals surface area (Å²) >= 11 is 6.29. The Morgan fingerprint density at radius 3 is 2.42 bits per heavy atom. The summed E-state index contributed by atoms with van der Waals surface area (Å²) in [6, 6.07) is 10.3. The molecule has 0 aliphatic heterocycles. The number of aryl methyl sites for hydroxylation is 2. The Labute approximate surface area is 159 Å². The predicted octanol–water partition coefficient (Wildman–Crippen LogP) is 3.68. The highest BCUT2D eigenvalue weighted by Gasteiger charge is 2.14. The molecular weight excluding hydrogens is 352 g/mol. The van der Waals surface area contributed by atoms with Crippen LogP contribution in [-0.2, 0) is 11.3 Å². The lowest BCUT2D eigenvalue weighted by Gasteiger charge is -2.17. The number of methoxy groups -OCH3 is 1. The third-order valence-corrected chi connectivity index (χ3v) is 4.29. The van der Waals surface area contributed by atoms with Crippen LogP contribution in [-0.4, -0.2) is 19.6 Å². The van der Waals surface area contributed by atoms with Gasteiger partial charge < -0.3 is 20.5 Å². The van der Waals surface area contributed by atoms with Crippen molar-refractivity contribution >= 4 is 17.5 Å². The van der Waals surface area contributed by atoms with Gasteiger partial charge in [0.05, 0.1) is 12.1 Å². The molecule has 6 heteroatoms. The summed E-state index contributed by atoms with van der Waals surface area (Å²) in [6.45, 7) is 6.67. The van der Waals surface area contributed by atoms with Gasteiger partial charge in [-0.2, -0.15) is 0 Å². The van der Waals surface area contributed by atoms with E-state index in [1.165, 1.54) is 23.8 Å². The summed E-state index contributed by atoms with van der Waals surface area (Å²) in [5.74, 6) is 0.213. The highest BCUT2D eigenvalue weighted by atomic mass is 35.5. The molecule has 0 bridgehead atoms. The first kappa shape index (κ1) is 20.1. The van der Waals surface area contributed by atoms with Crippen molar-refractivity contribution in [2.24, 2.45) is 5.73 Å². The molecule has 0 saturated heterocycles. The molecule has 0 fully saturated rings. The van der Waals surface area contributed by atoms with Crippen molar-refractivity contribution in [3.63, 3.8) is 0 Å². The Kier molecular flexibility index (Phi) is 6.89. The minimum absolute atomic E-state index is 0.184. The van der Waals surface area contributed by atoms with Crippen LogP contribution < -0.4 is 20.5 Å². The number of rotatable bonds is 8. The molecule has 0 radical (unpaired) electrons. The van der Waals surface area contributed by atoms with E-state index in [0.29, 0.717) is 23.1 Å². The molecule has 2 aromatic carbocycles. The van der Waals surface area contributed by atoms with Gasteiger partial charge in [0.25, 0.3) is 5.91 Å². The van der Waals surface area contributed by atoms with Gasteiger partial charge >= 0.3 is 0 Å². The van der Waals surface area contributed by atoms with Crippen molar-refractivity contribution < 1.29 is 14.3 Å². The van der Waals surface area contributed by atoms with Crippen LogP contribution in [0.15, 0.2) is 30.3 Å². The van der Waals surface area contributed by atoms with Gasteiger partial charge in [-0.25, -0.2) is 0 Å². The number of ether oxygens (including phenoxy) is 2. The summed E-state index contributed by atoms with van der Waals surface area (Å²) in [4.78, 5) is 10.9. The minimum Gasteiger partial charge on any atom is -0.493 e. The minimum atomic E-state index is -0.573. The summed E-state index contributed by atoms with van der Waals surface area (Å²) in [7, 11) is 1.53. The Morgan fingerprint density at radius 1 is 1.19 bits per heavy atom. The second-order valence-electron chi connectivity index (χ2n) is 6.39. The predicted molar refractivity (Wildman–Crippen MR) is 104 cm³/mol. The van der Waals surface area contributed by atoms with Gasteiger partial charge in [-0.3, -0.25) is 4.79 Å². The normalized spacial score (nSPS) is 11.9. The molecule has 0 spiro atoms. The molecule has 0 aliphatic carbocycles. The quantitative estimate of drug-likeness (QED) is 0.737. The molecule has 2 rings (SSSR count). The third kappa shape index (κ3) is 5.38. The third-order valence-electron chi connectivity index (χ3n) is 4.00. The van der Waals surface area contributed by atoms with Gasteiger partial charge in [-0.15, -0.1) is 0 Å². The van der Waals surface area contributed by atoms with E-state index in [1.54, 1.807) is 6.07 Å². The lowest BCUT2D eigenvalue weighted by atomic mass is 10.0. The highest BCUT2D eigenvalue weighted by molar-refractivity contribution is 6.32. The number of nitrogens with two attached hydrogens (primary N) is 1. The van der Waals surface area contributed by atoms with Crippen molar-refractivity contribution in [3.05, 3.63) is 57.6 Å². The van der Waals surface area contributed by atoms with Crippen molar-refractivity contribution in [2.45, 2.75) is 33.4 Å². The van der Waals surface area contributed by atoms with Crippen LogP contribution in [0.2, 0.25) is 5.02 Å². The Bertz CT molecular complexity index is 773. The van der Waals surface area contributed by atoms with Crippen LogP contribution in [0.5, 0.6) is 11.5 Å². The number of amides is 1. The van der Waals surface area contributed by atoms with Crippen LogP contribution in [0.3, 0.4) is 0 Å². The van der Waals surface area contributed by atoms with E-state index in [4.69, 9.17) is 26.8 Å².